The van der Waals surface area contributed by atoms with Gasteiger partial charge in [-0.1, -0.05) is 0 Å². The monoisotopic (exact) mass is 141 g/mol. The Morgan fingerprint density at radius 2 is 2.10 bits per heavy atom. The van der Waals surface area contributed by atoms with Crippen LogP contribution in [0, 0.1) is 5.41 Å². The summed E-state index contributed by atoms with van der Waals surface area (Å²) in [7, 11) is 4.30. The van der Waals surface area contributed by atoms with Crippen molar-refractivity contribution in [2.45, 2.75) is 18.9 Å². The lowest BCUT2D eigenvalue weighted by Gasteiger charge is -2.23. The molecule has 2 fully saturated rings. The Morgan fingerprint density at radius 3 is 2.50 bits per heavy atom. The summed E-state index contributed by atoms with van der Waals surface area (Å²) in [5, 5.41) is 0. The molecule has 0 unspecified atom stereocenters. The van der Waals surface area contributed by atoms with Gasteiger partial charge in [-0.15, -0.1) is 0 Å². The first kappa shape index (κ1) is 6.62. The molecule has 1 aliphatic heterocycles. The number of nitrogens with zero attached hydrogens (tertiary/aromatic N) is 1. The van der Waals surface area contributed by atoms with E-state index < -0.39 is 0 Å². The van der Waals surface area contributed by atoms with Gasteiger partial charge in [-0.05, 0) is 26.9 Å². The van der Waals surface area contributed by atoms with Crippen molar-refractivity contribution in [3.8, 4) is 0 Å². The lowest BCUT2D eigenvalue weighted by molar-refractivity contribution is 0.169. The van der Waals surface area contributed by atoms with Gasteiger partial charge in [0.05, 0.1) is 13.2 Å². The average molecular weight is 141 g/mol. The Labute approximate surface area is 62.2 Å². The highest BCUT2D eigenvalue weighted by atomic mass is 16.5. The first-order valence-corrected chi connectivity index (χ1v) is 3.99. The van der Waals surface area contributed by atoms with Crippen molar-refractivity contribution in [2.75, 3.05) is 27.3 Å². The van der Waals surface area contributed by atoms with E-state index in [4.69, 9.17) is 4.74 Å². The zero-order chi connectivity index (χ0) is 7.19. The highest BCUT2D eigenvalue weighted by molar-refractivity contribution is 5.05. The molecule has 2 rings (SSSR count). The van der Waals surface area contributed by atoms with E-state index in [2.05, 4.69) is 19.0 Å². The Bertz CT molecular complexity index is 140. The van der Waals surface area contributed by atoms with Crippen molar-refractivity contribution in [2.24, 2.45) is 5.41 Å². The molecule has 1 aliphatic carbocycles. The summed E-state index contributed by atoms with van der Waals surface area (Å²) < 4.78 is 5.45. The molecule has 0 bridgehead atoms. The van der Waals surface area contributed by atoms with E-state index >= 15 is 0 Å². The van der Waals surface area contributed by atoms with Crippen molar-refractivity contribution >= 4 is 0 Å². The minimum absolute atomic E-state index is 0.587. The molecule has 1 atom stereocenters. The van der Waals surface area contributed by atoms with Gasteiger partial charge in [0, 0.05) is 11.5 Å². The molecule has 10 heavy (non-hydrogen) atoms. The van der Waals surface area contributed by atoms with Crippen LogP contribution < -0.4 is 0 Å². The van der Waals surface area contributed by atoms with Crippen molar-refractivity contribution in [1.29, 1.82) is 0 Å². The van der Waals surface area contributed by atoms with Gasteiger partial charge in [0.2, 0.25) is 0 Å². The minimum Gasteiger partial charge on any atom is -0.379 e. The molecule has 0 aromatic rings. The zero-order valence-electron chi connectivity index (χ0n) is 6.76. The van der Waals surface area contributed by atoms with Gasteiger partial charge in [-0.2, -0.15) is 0 Å². The standard InChI is InChI=1S/C8H15NO/c1-9(2)7-5-10-6-8(7)3-4-8/h7H,3-6H2,1-2H3/t7-/m1/s1. The molecule has 0 radical (unpaired) electrons. The third-order valence-corrected chi connectivity index (χ3v) is 2.89. The van der Waals surface area contributed by atoms with Crippen LogP contribution in [0.3, 0.4) is 0 Å². The minimum atomic E-state index is 0.587. The summed E-state index contributed by atoms with van der Waals surface area (Å²) in [5.74, 6) is 0. The highest BCUT2D eigenvalue weighted by Crippen LogP contribution is 2.53. The van der Waals surface area contributed by atoms with Crippen LogP contribution in [0.4, 0.5) is 0 Å². The zero-order valence-corrected chi connectivity index (χ0v) is 6.76. The normalized spacial score (nSPS) is 35.7. The highest BCUT2D eigenvalue weighted by Gasteiger charge is 2.53. The summed E-state index contributed by atoms with van der Waals surface area (Å²) in [5.41, 5.74) is 0.587. The Kier molecular flexibility index (Phi) is 1.29. The van der Waals surface area contributed by atoms with Gasteiger partial charge in [-0.25, -0.2) is 0 Å². The number of hydrogen-bond acceptors (Lipinski definition) is 2. The maximum Gasteiger partial charge on any atom is 0.0628 e. The molecular weight excluding hydrogens is 126 g/mol. The summed E-state index contributed by atoms with van der Waals surface area (Å²) in [4.78, 5) is 2.31. The number of ether oxygens (including phenoxy) is 1. The fourth-order valence-corrected chi connectivity index (χ4v) is 1.98. The quantitative estimate of drug-likeness (QED) is 0.533. The molecule has 1 saturated heterocycles. The summed E-state index contributed by atoms with van der Waals surface area (Å²) in [6.07, 6.45) is 2.77. The van der Waals surface area contributed by atoms with Crippen molar-refractivity contribution in [1.82, 2.24) is 4.90 Å². The molecule has 2 heteroatoms. The molecule has 0 amide bonds. The summed E-state index contributed by atoms with van der Waals surface area (Å²) >= 11 is 0. The van der Waals surface area contributed by atoms with E-state index in [1.165, 1.54) is 12.8 Å². The molecule has 1 heterocycles. The van der Waals surface area contributed by atoms with E-state index in [1.807, 2.05) is 0 Å². The van der Waals surface area contributed by atoms with Gasteiger partial charge in [0.25, 0.3) is 0 Å². The topological polar surface area (TPSA) is 12.5 Å². The molecule has 0 aromatic carbocycles. The first-order valence-electron chi connectivity index (χ1n) is 3.99. The Balaban J connectivity index is 2.07. The molecule has 2 nitrogen and oxygen atoms in total. The van der Waals surface area contributed by atoms with Crippen molar-refractivity contribution in [3.63, 3.8) is 0 Å². The maximum absolute atomic E-state index is 5.45. The average Bonchev–Trinajstić information content (AvgIpc) is 2.42. The van der Waals surface area contributed by atoms with Crippen LogP contribution in [0.1, 0.15) is 12.8 Å². The third kappa shape index (κ3) is 0.789. The number of rotatable bonds is 1. The first-order chi connectivity index (χ1) is 4.75. The number of hydrogen-bond donors (Lipinski definition) is 0. The molecule has 1 spiro atoms. The van der Waals surface area contributed by atoms with Crippen LogP contribution in [-0.2, 0) is 4.74 Å². The van der Waals surface area contributed by atoms with Crippen LogP contribution in [0.25, 0.3) is 0 Å². The van der Waals surface area contributed by atoms with Crippen molar-refractivity contribution < 1.29 is 4.74 Å². The van der Waals surface area contributed by atoms with Gasteiger partial charge in [-0.3, -0.25) is 0 Å². The van der Waals surface area contributed by atoms with Crippen LogP contribution in [-0.4, -0.2) is 38.3 Å². The van der Waals surface area contributed by atoms with Gasteiger partial charge in [0.1, 0.15) is 0 Å². The van der Waals surface area contributed by atoms with E-state index in [-0.39, 0.29) is 0 Å². The SMILES string of the molecule is CN(C)[C@@H]1COCC12CC2. The lowest BCUT2D eigenvalue weighted by atomic mass is 10.0. The molecular formula is C8H15NO. The second-order valence-electron chi connectivity index (χ2n) is 3.86. The van der Waals surface area contributed by atoms with E-state index in [9.17, 15) is 0 Å². The van der Waals surface area contributed by atoms with Crippen molar-refractivity contribution in [3.05, 3.63) is 0 Å². The molecule has 0 aromatic heterocycles. The fraction of sp³-hybridized carbons (Fsp3) is 1.00. The Morgan fingerprint density at radius 1 is 1.40 bits per heavy atom. The number of likely N-dealkylation sites (N-methyl/N-ethyl adjacent to an activating group) is 1. The second kappa shape index (κ2) is 1.95. The van der Waals surface area contributed by atoms with Gasteiger partial charge >= 0.3 is 0 Å². The second-order valence-corrected chi connectivity index (χ2v) is 3.86. The van der Waals surface area contributed by atoms with Crippen LogP contribution in [0.5, 0.6) is 0 Å². The summed E-state index contributed by atoms with van der Waals surface area (Å²) in [6.45, 7) is 1.96. The summed E-state index contributed by atoms with van der Waals surface area (Å²) in [6, 6.07) is 0.701. The molecule has 1 saturated carbocycles. The van der Waals surface area contributed by atoms with E-state index in [0.29, 0.717) is 11.5 Å². The predicted molar refractivity (Wildman–Crippen MR) is 40.0 cm³/mol. The molecule has 58 valence electrons. The lowest BCUT2D eigenvalue weighted by Crippen LogP contribution is -2.35. The molecule has 0 N–H and O–H groups in total. The predicted octanol–water partition coefficient (Wildman–Crippen LogP) is 0.727. The van der Waals surface area contributed by atoms with E-state index in [0.717, 1.165) is 13.2 Å². The third-order valence-electron chi connectivity index (χ3n) is 2.89. The van der Waals surface area contributed by atoms with Gasteiger partial charge in [0.15, 0.2) is 0 Å². The maximum atomic E-state index is 5.45. The van der Waals surface area contributed by atoms with Crippen LogP contribution >= 0.6 is 0 Å². The van der Waals surface area contributed by atoms with Crippen LogP contribution in [0.15, 0.2) is 0 Å². The largest absolute Gasteiger partial charge is 0.379 e. The van der Waals surface area contributed by atoms with Crippen LogP contribution in [0.2, 0.25) is 0 Å². The van der Waals surface area contributed by atoms with E-state index in [1.54, 1.807) is 0 Å². The molecule has 2 aliphatic rings. The fourth-order valence-electron chi connectivity index (χ4n) is 1.98. The smallest absolute Gasteiger partial charge is 0.0628 e. The van der Waals surface area contributed by atoms with Gasteiger partial charge < -0.3 is 9.64 Å². The Hall–Kier alpha value is -0.0800.